The zero-order valence-electron chi connectivity index (χ0n) is 6.06. The van der Waals surface area contributed by atoms with Gasteiger partial charge in [-0.05, 0) is 18.2 Å². The summed E-state index contributed by atoms with van der Waals surface area (Å²) < 4.78 is 29.9. The van der Waals surface area contributed by atoms with Crippen molar-refractivity contribution in [3.63, 3.8) is 0 Å². The van der Waals surface area contributed by atoms with E-state index in [1.807, 2.05) is 0 Å². The van der Waals surface area contributed by atoms with Gasteiger partial charge in [0.25, 0.3) is 10.1 Å². The Morgan fingerprint density at radius 1 is 1.23 bits per heavy atom. The zero-order valence-corrected chi connectivity index (χ0v) is 6.88. The second-order valence-electron chi connectivity index (χ2n) is 2.27. The Hall–Kier alpha value is -0.673. The van der Waals surface area contributed by atoms with Gasteiger partial charge in [0.05, 0.1) is 5.69 Å². The first kappa shape index (κ1) is 12.3. The number of hydrogen-bond acceptors (Lipinski definition) is 4. The molecule has 13 heavy (non-hydrogen) atoms. The Bertz CT molecular complexity index is 404. The van der Waals surface area contributed by atoms with Crippen LogP contribution >= 0.6 is 0 Å². The van der Waals surface area contributed by atoms with E-state index in [0.29, 0.717) is 0 Å². The summed E-state index contributed by atoms with van der Waals surface area (Å²) in [5, 5.41) is 0. The van der Waals surface area contributed by atoms with Crippen molar-refractivity contribution in [1.82, 2.24) is 0 Å². The fraction of sp³-hybridized carbons (Fsp3) is 0. The molecule has 0 atom stereocenters. The van der Waals surface area contributed by atoms with Gasteiger partial charge in [-0.25, -0.2) is 0 Å². The molecule has 1 aromatic rings. The van der Waals surface area contributed by atoms with Gasteiger partial charge in [0.2, 0.25) is 0 Å². The molecule has 0 aliphatic heterocycles. The van der Waals surface area contributed by atoms with E-state index in [-0.39, 0.29) is 35.1 Å². The first-order chi connectivity index (χ1) is 5.41. The van der Waals surface area contributed by atoms with E-state index in [1.54, 1.807) is 0 Å². The molecule has 1 aromatic carbocycles. The number of rotatable bonds is 1. The predicted octanol–water partition coefficient (Wildman–Crippen LogP) is -0.551. The number of hydrogen-bond donors (Lipinski definition) is 3. The normalized spacial score (nSPS) is 10.5. The van der Waals surface area contributed by atoms with E-state index in [9.17, 15) is 8.42 Å². The van der Waals surface area contributed by atoms with Crippen molar-refractivity contribution < 1.29 is 13.0 Å². The van der Waals surface area contributed by atoms with Gasteiger partial charge >= 0.3 is 18.9 Å². The first-order valence-corrected chi connectivity index (χ1v) is 4.48. The van der Waals surface area contributed by atoms with Gasteiger partial charge in [0, 0.05) is 5.69 Å². The molecule has 0 bridgehead atoms. The number of benzene rings is 1. The van der Waals surface area contributed by atoms with Crippen LogP contribution in [0.15, 0.2) is 23.1 Å². The van der Waals surface area contributed by atoms with Crippen LogP contribution < -0.4 is 11.5 Å². The van der Waals surface area contributed by atoms with Crippen LogP contribution in [-0.2, 0) is 10.1 Å². The van der Waals surface area contributed by atoms with Crippen LogP contribution in [0.4, 0.5) is 11.4 Å². The summed E-state index contributed by atoms with van der Waals surface area (Å²) in [5.74, 6) is 0. The van der Waals surface area contributed by atoms with Crippen LogP contribution in [0.1, 0.15) is 0 Å². The fourth-order valence-electron chi connectivity index (χ4n) is 0.774. The van der Waals surface area contributed by atoms with Crippen LogP contribution in [0.2, 0.25) is 0 Å². The third-order valence-electron chi connectivity index (χ3n) is 1.32. The molecule has 5 N–H and O–H groups in total. The SMILES string of the molecule is Nc1ccc(N)c(S(=O)(=O)O)c1.[LiH]. The molecule has 0 heterocycles. The minimum atomic E-state index is -4.26. The van der Waals surface area contributed by atoms with E-state index in [4.69, 9.17) is 16.0 Å². The second-order valence-corrected chi connectivity index (χ2v) is 3.66. The predicted molar refractivity (Wildman–Crippen MR) is 52.2 cm³/mol. The van der Waals surface area contributed by atoms with Crippen molar-refractivity contribution in [1.29, 1.82) is 0 Å². The maximum absolute atomic E-state index is 10.6. The summed E-state index contributed by atoms with van der Waals surface area (Å²) in [6.07, 6.45) is 0. The van der Waals surface area contributed by atoms with E-state index in [2.05, 4.69) is 0 Å². The first-order valence-electron chi connectivity index (χ1n) is 3.04. The third-order valence-corrected chi connectivity index (χ3v) is 2.22. The van der Waals surface area contributed by atoms with Crippen molar-refractivity contribution >= 4 is 40.4 Å². The van der Waals surface area contributed by atoms with E-state index >= 15 is 0 Å². The van der Waals surface area contributed by atoms with Crippen molar-refractivity contribution in [2.24, 2.45) is 0 Å². The Labute approximate surface area is 88.0 Å². The Morgan fingerprint density at radius 3 is 2.15 bits per heavy atom. The number of anilines is 2. The van der Waals surface area contributed by atoms with E-state index in [0.717, 1.165) is 6.07 Å². The molecule has 0 fully saturated rings. The van der Waals surface area contributed by atoms with Gasteiger partial charge in [-0.15, -0.1) is 0 Å². The molecule has 0 amide bonds. The van der Waals surface area contributed by atoms with E-state index < -0.39 is 10.1 Å². The van der Waals surface area contributed by atoms with Gasteiger partial charge in [-0.3, -0.25) is 4.55 Å². The van der Waals surface area contributed by atoms with Crippen LogP contribution in [0, 0.1) is 0 Å². The molecule has 0 spiro atoms. The number of nitrogens with two attached hydrogens (primary N) is 2. The molecule has 7 heteroatoms. The average Bonchev–Trinajstić information content (AvgIpc) is 1.92. The van der Waals surface area contributed by atoms with Crippen molar-refractivity contribution in [3.05, 3.63) is 18.2 Å². The van der Waals surface area contributed by atoms with Crippen LogP contribution in [-0.4, -0.2) is 31.8 Å². The molecule has 0 radical (unpaired) electrons. The Balaban J connectivity index is 0.00000144. The van der Waals surface area contributed by atoms with Crippen molar-refractivity contribution in [2.75, 3.05) is 11.5 Å². The zero-order chi connectivity index (χ0) is 9.35. The van der Waals surface area contributed by atoms with Gasteiger partial charge in [-0.1, -0.05) is 0 Å². The topological polar surface area (TPSA) is 106 Å². The Kier molecular flexibility index (Phi) is 3.82. The molecule has 0 saturated heterocycles. The molecule has 0 unspecified atom stereocenters. The van der Waals surface area contributed by atoms with Crippen molar-refractivity contribution in [3.8, 4) is 0 Å². The molecular weight excluding hydrogens is 187 g/mol. The fourth-order valence-corrected chi connectivity index (χ4v) is 1.43. The van der Waals surface area contributed by atoms with Gasteiger partial charge in [0.15, 0.2) is 0 Å². The molecule has 1 rings (SSSR count). The molecule has 0 aromatic heterocycles. The van der Waals surface area contributed by atoms with Crippen molar-refractivity contribution in [2.45, 2.75) is 4.90 Å². The molecule has 0 aliphatic rings. The van der Waals surface area contributed by atoms with E-state index in [1.165, 1.54) is 12.1 Å². The maximum atomic E-state index is 10.6. The summed E-state index contributed by atoms with van der Waals surface area (Å²) in [4.78, 5) is -0.359. The summed E-state index contributed by atoms with van der Waals surface area (Å²) in [7, 11) is -4.26. The molecule has 0 aliphatic carbocycles. The van der Waals surface area contributed by atoms with Gasteiger partial charge in [-0.2, -0.15) is 8.42 Å². The molecule has 5 nitrogen and oxygen atoms in total. The molecular formula is C6H9LiN2O3S. The summed E-state index contributed by atoms with van der Waals surface area (Å²) >= 11 is 0. The molecule has 0 saturated carbocycles. The number of nitrogen functional groups attached to an aromatic ring is 2. The third kappa shape index (κ3) is 2.93. The van der Waals surface area contributed by atoms with Gasteiger partial charge < -0.3 is 11.5 Å². The monoisotopic (exact) mass is 196 g/mol. The quantitative estimate of drug-likeness (QED) is 0.317. The Morgan fingerprint density at radius 2 is 1.77 bits per heavy atom. The summed E-state index contributed by atoms with van der Waals surface area (Å²) in [5.41, 5.74) is 10.8. The van der Waals surface area contributed by atoms with Crippen LogP contribution in [0.5, 0.6) is 0 Å². The van der Waals surface area contributed by atoms with Crippen LogP contribution in [0.3, 0.4) is 0 Å². The minimum absolute atomic E-state index is 0. The summed E-state index contributed by atoms with van der Waals surface area (Å²) in [6.45, 7) is 0. The van der Waals surface area contributed by atoms with Gasteiger partial charge in [0.1, 0.15) is 4.90 Å². The standard InChI is InChI=1S/C6H8N2O3S.Li.H/c7-4-1-2-5(8)6(3-4)12(9,10)11;;/h1-3H,7-8H2,(H,9,10,11);;. The van der Waals surface area contributed by atoms with Crippen LogP contribution in [0.25, 0.3) is 0 Å². The second kappa shape index (κ2) is 4.02. The molecule has 68 valence electrons. The average molecular weight is 196 g/mol. The summed E-state index contributed by atoms with van der Waals surface area (Å²) in [6, 6.07) is 3.87.